The molecule has 37 heavy (non-hydrogen) atoms. The first-order valence-electron chi connectivity index (χ1n) is 14.4. The fourth-order valence-electron chi connectivity index (χ4n) is 11.4. The molecular formula is C30H46O7. The Morgan fingerprint density at radius 2 is 1.65 bits per heavy atom. The summed E-state index contributed by atoms with van der Waals surface area (Å²) < 4.78 is 6.03. The lowest BCUT2D eigenvalue weighted by Crippen LogP contribution is -2.83. The number of ether oxygens (including phenoxy) is 1. The van der Waals surface area contributed by atoms with E-state index in [1.54, 1.807) is 0 Å². The van der Waals surface area contributed by atoms with Crippen LogP contribution in [-0.2, 0) is 9.53 Å². The molecule has 7 rings (SSSR count). The summed E-state index contributed by atoms with van der Waals surface area (Å²) in [5.41, 5.74) is -2.23. The van der Waals surface area contributed by atoms with Crippen LogP contribution < -0.4 is 0 Å². The van der Waals surface area contributed by atoms with Crippen LogP contribution in [0.15, 0.2) is 11.6 Å². The van der Waals surface area contributed by atoms with Gasteiger partial charge in [0.1, 0.15) is 6.10 Å². The third kappa shape index (κ3) is 2.61. The minimum absolute atomic E-state index is 0.0856. The Morgan fingerprint density at radius 1 is 0.973 bits per heavy atom. The molecule has 7 heteroatoms. The van der Waals surface area contributed by atoms with Crippen LogP contribution in [0.3, 0.4) is 0 Å². The van der Waals surface area contributed by atoms with Gasteiger partial charge in [-0.25, -0.2) is 0 Å². The topological polar surface area (TPSA) is 127 Å². The second-order valence-electron chi connectivity index (χ2n) is 15.0. The van der Waals surface area contributed by atoms with Gasteiger partial charge in [-0.1, -0.05) is 53.2 Å². The zero-order chi connectivity index (χ0) is 27.1. The van der Waals surface area contributed by atoms with Crippen molar-refractivity contribution in [1.29, 1.82) is 0 Å². The molecule has 208 valence electrons. The van der Waals surface area contributed by atoms with Crippen molar-refractivity contribution in [2.24, 2.45) is 56.7 Å². The first kappa shape index (κ1) is 26.2. The average Bonchev–Trinajstić information content (AvgIpc) is 2.82. The number of hydrogen-bond donors (Lipinski definition) is 5. The number of fused-ring (bicyclic) bond motifs is 7. The molecule has 2 bridgehead atoms. The van der Waals surface area contributed by atoms with Gasteiger partial charge in [-0.05, 0) is 73.0 Å². The molecule has 6 fully saturated rings. The first-order valence-corrected chi connectivity index (χ1v) is 14.4. The van der Waals surface area contributed by atoms with Crippen LogP contribution in [0.2, 0.25) is 0 Å². The quantitative estimate of drug-likeness (QED) is 0.337. The Labute approximate surface area is 220 Å². The lowest BCUT2D eigenvalue weighted by molar-refractivity contribution is -0.454. The minimum atomic E-state index is -1.84. The number of hydrogen-bond acceptors (Lipinski definition) is 6. The molecule has 7 nitrogen and oxygen atoms in total. The molecule has 7 aliphatic rings. The molecule has 2 heterocycles. The Hall–Kier alpha value is -0.990. The maximum atomic E-state index is 12.9. The van der Waals surface area contributed by atoms with Crippen molar-refractivity contribution in [3.63, 3.8) is 0 Å². The van der Waals surface area contributed by atoms with Gasteiger partial charge in [-0.3, -0.25) is 4.79 Å². The Bertz CT molecular complexity index is 1050. The minimum Gasteiger partial charge on any atom is -0.481 e. The van der Waals surface area contributed by atoms with Gasteiger partial charge in [0.15, 0.2) is 5.79 Å². The summed E-state index contributed by atoms with van der Waals surface area (Å²) in [6.45, 7) is 12.8. The highest BCUT2D eigenvalue weighted by Crippen LogP contribution is 2.77. The number of aliphatic hydroxyl groups excluding tert-OH is 3. The van der Waals surface area contributed by atoms with Gasteiger partial charge in [0.05, 0.1) is 24.2 Å². The van der Waals surface area contributed by atoms with E-state index in [4.69, 9.17) is 4.74 Å². The number of carbonyl (C=O) groups is 1. The summed E-state index contributed by atoms with van der Waals surface area (Å²) in [4.78, 5) is 12.9. The van der Waals surface area contributed by atoms with E-state index in [0.717, 1.165) is 31.3 Å². The fraction of sp³-hybridized carbons (Fsp3) is 0.900. The third-order valence-corrected chi connectivity index (χ3v) is 13.9. The number of allylic oxidation sites excluding steroid dienone is 1. The summed E-state index contributed by atoms with van der Waals surface area (Å²) in [6, 6.07) is 0. The van der Waals surface area contributed by atoms with E-state index < -0.39 is 57.6 Å². The molecule has 13 atom stereocenters. The maximum Gasteiger partial charge on any atom is 0.310 e. The van der Waals surface area contributed by atoms with Gasteiger partial charge < -0.3 is 30.3 Å². The second kappa shape index (κ2) is 7.39. The van der Waals surface area contributed by atoms with Gasteiger partial charge in [0.2, 0.25) is 0 Å². The normalized spacial score (nSPS) is 59.9. The predicted octanol–water partition coefficient (Wildman–Crippen LogP) is 3.34. The van der Waals surface area contributed by atoms with Crippen molar-refractivity contribution in [2.45, 2.75) is 104 Å². The molecule has 0 aromatic rings. The molecule has 0 aromatic heterocycles. The van der Waals surface area contributed by atoms with Crippen LogP contribution in [0.1, 0.15) is 80.1 Å². The molecule has 0 radical (unpaired) electrons. The van der Waals surface area contributed by atoms with Gasteiger partial charge >= 0.3 is 5.97 Å². The lowest BCUT2D eigenvalue weighted by Gasteiger charge is -2.76. The summed E-state index contributed by atoms with van der Waals surface area (Å²) in [6.07, 6.45) is 2.80. The average molecular weight is 519 g/mol. The smallest absolute Gasteiger partial charge is 0.310 e. The van der Waals surface area contributed by atoms with Crippen molar-refractivity contribution in [3.05, 3.63) is 11.6 Å². The second-order valence-corrected chi connectivity index (χ2v) is 15.0. The van der Waals surface area contributed by atoms with Crippen molar-refractivity contribution in [1.82, 2.24) is 0 Å². The van der Waals surface area contributed by atoms with E-state index in [0.29, 0.717) is 18.8 Å². The van der Waals surface area contributed by atoms with Crippen molar-refractivity contribution >= 4 is 5.97 Å². The first-order chi connectivity index (χ1) is 17.1. The van der Waals surface area contributed by atoms with E-state index in [2.05, 4.69) is 27.7 Å². The van der Waals surface area contributed by atoms with Crippen LogP contribution in [0.5, 0.6) is 0 Å². The molecule has 4 saturated carbocycles. The van der Waals surface area contributed by atoms with Gasteiger partial charge in [0.25, 0.3) is 0 Å². The highest BCUT2D eigenvalue weighted by atomic mass is 16.6. The molecule has 0 aromatic carbocycles. The Balaban J connectivity index is 1.54. The van der Waals surface area contributed by atoms with Crippen LogP contribution >= 0.6 is 0 Å². The van der Waals surface area contributed by atoms with E-state index in [1.807, 2.05) is 19.9 Å². The summed E-state index contributed by atoms with van der Waals surface area (Å²) in [5, 5.41) is 56.8. The van der Waals surface area contributed by atoms with E-state index >= 15 is 0 Å². The van der Waals surface area contributed by atoms with Crippen molar-refractivity contribution in [2.75, 3.05) is 6.61 Å². The molecule has 5 N–H and O–H groups in total. The lowest BCUT2D eigenvalue weighted by atomic mass is 9.31. The highest BCUT2D eigenvalue weighted by molar-refractivity contribution is 5.76. The largest absolute Gasteiger partial charge is 0.481 e. The SMILES string of the molecule is C[C@H]1[C@H](C)CC[C@]2(C(=O)O)CC[C@]3(C)C(=C[C@@H](O)[C@@H]4[C@@]56CO[C@@](O)([C@@H](O)[C@H]5O)C(C)(C)[C@@H]6CC[C@]43C)[C@H]12. The molecule has 2 saturated heterocycles. The Morgan fingerprint density at radius 3 is 2.30 bits per heavy atom. The Kier molecular flexibility index (Phi) is 5.24. The number of aliphatic hydroxyl groups is 4. The van der Waals surface area contributed by atoms with Gasteiger partial charge in [0, 0.05) is 16.7 Å². The summed E-state index contributed by atoms with van der Waals surface area (Å²) >= 11 is 0. The van der Waals surface area contributed by atoms with Crippen molar-refractivity contribution in [3.8, 4) is 0 Å². The van der Waals surface area contributed by atoms with Gasteiger partial charge in [-0.15, -0.1) is 0 Å². The monoisotopic (exact) mass is 518 g/mol. The van der Waals surface area contributed by atoms with Gasteiger partial charge in [-0.2, -0.15) is 0 Å². The predicted molar refractivity (Wildman–Crippen MR) is 136 cm³/mol. The van der Waals surface area contributed by atoms with Crippen LogP contribution in [0, 0.1) is 56.7 Å². The zero-order valence-corrected chi connectivity index (χ0v) is 23.2. The number of aliphatic carboxylic acids is 1. The molecular weight excluding hydrogens is 472 g/mol. The highest BCUT2D eigenvalue weighted by Gasteiger charge is 2.80. The number of carboxylic acid groups (broad SMARTS) is 1. The molecule has 0 amide bonds. The van der Waals surface area contributed by atoms with Crippen LogP contribution in [0.4, 0.5) is 0 Å². The number of rotatable bonds is 1. The molecule has 2 aliphatic heterocycles. The molecule has 5 aliphatic carbocycles. The van der Waals surface area contributed by atoms with E-state index in [-0.39, 0.29) is 29.8 Å². The van der Waals surface area contributed by atoms with Crippen LogP contribution in [0.25, 0.3) is 0 Å². The summed E-state index contributed by atoms with van der Waals surface area (Å²) in [7, 11) is 0. The fourth-order valence-corrected chi connectivity index (χ4v) is 11.4. The standard InChI is InChI=1S/C30H46O7/c1-15-7-10-28(24(34)35)12-11-26(5)17(20(28)16(15)2)13-18(31)21-27(26,6)9-8-19-25(3,4)30(36)23(33)22(32)29(19,21)14-37-30/h13,15-16,18-23,31-33,36H,7-12,14H2,1-6H3,(H,34,35)/t15-,16+,18-,19+,20+,21+,22-,23+,26-,27-,28+,29+,30+/m1/s1. The summed E-state index contributed by atoms with van der Waals surface area (Å²) in [5.74, 6) is -2.63. The van der Waals surface area contributed by atoms with E-state index in [9.17, 15) is 30.3 Å². The van der Waals surface area contributed by atoms with E-state index in [1.165, 1.54) is 0 Å². The molecule has 0 unspecified atom stereocenters. The third-order valence-electron chi connectivity index (χ3n) is 13.9. The van der Waals surface area contributed by atoms with Crippen LogP contribution in [-0.4, -0.2) is 62.2 Å². The zero-order valence-electron chi connectivity index (χ0n) is 23.2. The van der Waals surface area contributed by atoms with Crippen molar-refractivity contribution < 1.29 is 35.1 Å². The molecule has 1 spiro atoms. The number of carboxylic acids is 1. The maximum absolute atomic E-state index is 12.9.